The summed E-state index contributed by atoms with van der Waals surface area (Å²) in [6.45, 7) is 3.49. The fraction of sp³-hybridized carbons (Fsp3) is 0.433. The summed E-state index contributed by atoms with van der Waals surface area (Å²) >= 11 is 0. The topological polar surface area (TPSA) is 127 Å². The van der Waals surface area contributed by atoms with Crippen molar-refractivity contribution in [3.05, 3.63) is 65.4 Å². The van der Waals surface area contributed by atoms with Gasteiger partial charge in [-0.15, -0.1) is 0 Å². The van der Waals surface area contributed by atoms with Gasteiger partial charge < -0.3 is 15.3 Å². The second-order valence-corrected chi connectivity index (χ2v) is 11.0. The fourth-order valence-electron chi connectivity index (χ4n) is 5.61. The Morgan fingerprint density at radius 1 is 1.09 bits per heavy atom. The van der Waals surface area contributed by atoms with Crippen LogP contribution in [0.1, 0.15) is 61.3 Å². The van der Waals surface area contributed by atoms with Crippen molar-refractivity contribution in [3.8, 4) is 0 Å². The van der Waals surface area contributed by atoms with E-state index in [-0.39, 0.29) is 41.5 Å². The molecule has 3 aromatic rings. The number of carbonyl (C=O) groups excluding carboxylic acids is 2. The molecule has 43 heavy (non-hydrogen) atoms. The summed E-state index contributed by atoms with van der Waals surface area (Å²) in [4.78, 5) is 31.1. The van der Waals surface area contributed by atoms with Gasteiger partial charge in [-0.2, -0.15) is 13.2 Å². The van der Waals surface area contributed by atoms with Crippen molar-refractivity contribution >= 4 is 35.1 Å². The highest BCUT2D eigenvalue weighted by atomic mass is 19.4. The third-order valence-electron chi connectivity index (χ3n) is 7.92. The number of aliphatic imine (C=N–C) groups is 1. The number of rotatable bonds is 7. The number of anilines is 2. The summed E-state index contributed by atoms with van der Waals surface area (Å²) in [6, 6.07) is 8.99. The number of alkyl halides is 3. The summed E-state index contributed by atoms with van der Waals surface area (Å²) < 4.78 is 47.6. The molecular weight excluding hydrogens is 565 g/mol. The Kier molecular flexibility index (Phi) is 8.97. The monoisotopic (exact) mass is 598 g/mol. The molecular formula is C30H33F3N6O4. The van der Waals surface area contributed by atoms with E-state index < -0.39 is 23.7 Å². The number of nitrogens with one attached hydrogen (secondary N) is 2. The van der Waals surface area contributed by atoms with E-state index in [1.54, 1.807) is 16.8 Å². The lowest BCUT2D eigenvalue weighted by Crippen LogP contribution is -2.44. The molecule has 3 amide bonds. The first-order valence-electron chi connectivity index (χ1n) is 14.3. The molecule has 2 aromatic carbocycles. The standard InChI is InChI=1S/C30H33F3N6O4/c1-19-6-2-3-7-21(19)14-26(40)34-23-15-22(30(31,32)33)16-24(17-23)35-29(42)36-27-18-39(37-43-27)25-10-8-20(9-11-25)28(41)38-12-4-5-13-38/h2-3,6-7,15-18,20,25H,4-5,8-14H2,1H3,(H2-,34,35,36,37,40,42). The number of likely N-dealkylation sites (tertiary alicyclic amines) is 1. The SMILES string of the molecule is Cc1ccccc1CC([O-])=Nc1cc(NC(=O)Nc2c[n+](C3CCC(C(=O)N4CCCC4)CC3)no2)cc(C(F)(F)F)c1. The van der Waals surface area contributed by atoms with Gasteiger partial charge in [-0.3, -0.25) is 19.6 Å². The number of halogens is 3. The van der Waals surface area contributed by atoms with Gasteiger partial charge in [0.15, 0.2) is 6.04 Å². The number of urea groups is 1. The van der Waals surface area contributed by atoms with E-state index in [1.807, 2.05) is 24.0 Å². The maximum Gasteiger partial charge on any atom is 0.416 e. The van der Waals surface area contributed by atoms with Crippen LogP contribution in [0.15, 0.2) is 58.2 Å². The predicted molar refractivity (Wildman–Crippen MR) is 150 cm³/mol. The van der Waals surface area contributed by atoms with E-state index >= 15 is 0 Å². The van der Waals surface area contributed by atoms with Gasteiger partial charge in [0.2, 0.25) is 11.2 Å². The van der Waals surface area contributed by atoms with Crippen molar-refractivity contribution in [2.45, 2.75) is 64.1 Å². The van der Waals surface area contributed by atoms with Crippen LogP contribution in [0.4, 0.5) is 35.2 Å². The van der Waals surface area contributed by atoms with Crippen LogP contribution in [-0.2, 0) is 17.4 Å². The van der Waals surface area contributed by atoms with E-state index in [0.717, 1.165) is 69.3 Å². The van der Waals surface area contributed by atoms with E-state index in [0.29, 0.717) is 5.56 Å². The Hall–Kier alpha value is -4.42. The smallest absolute Gasteiger partial charge is 0.416 e. The third-order valence-corrected chi connectivity index (χ3v) is 7.92. The van der Waals surface area contributed by atoms with Gasteiger partial charge in [-0.1, -0.05) is 24.3 Å². The van der Waals surface area contributed by atoms with Crippen molar-refractivity contribution in [3.63, 3.8) is 0 Å². The summed E-state index contributed by atoms with van der Waals surface area (Å²) in [7, 11) is 0. The molecule has 1 aliphatic heterocycles. The number of hydrogen-bond donors (Lipinski definition) is 2. The van der Waals surface area contributed by atoms with Gasteiger partial charge in [0, 0.05) is 44.0 Å². The number of hydrogen-bond acceptors (Lipinski definition) is 6. The summed E-state index contributed by atoms with van der Waals surface area (Å²) in [6.07, 6.45) is 1.73. The Morgan fingerprint density at radius 3 is 2.51 bits per heavy atom. The largest absolute Gasteiger partial charge is 0.861 e. The van der Waals surface area contributed by atoms with Gasteiger partial charge in [-0.25, -0.2) is 4.79 Å². The van der Waals surface area contributed by atoms with Crippen LogP contribution in [0.2, 0.25) is 0 Å². The van der Waals surface area contributed by atoms with Crippen LogP contribution in [0.5, 0.6) is 0 Å². The molecule has 1 saturated carbocycles. The van der Waals surface area contributed by atoms with E-state index in [2.05, 4.69) is 20.9 Å². The molecule has 0 spiro atoms. The first-order valence-corrected chi connectivity index (χ1v) is 14.3. The minimum absolute atomic E-state index is 0.00179. The number of aromatic nitrogens is 2. The highest BCUT2D eigenvalue weighted by molar-refractivity contribution is 5.99. The highest BCUT2D eigenvalue weighted by Crippen LogP contribution is 2.35. The van der Waals surface area contributed by atoms with Crippen molar-refractivity contribution in [1.82, 2.24) is 10.2 Å². The highest BCUT2D eigenvalue weighted by Gasteiger charge is 2.36. The first kappa shape index (κ1) is 30.1. The Balaban J connectivity index is 1.21. The molecule has 0 radical (unpaired) electrons. The third kappa shape index (κ3) is 7.70. The van der Waals surface area contributed by atoms with E-state index in [9.17, 15) is 27.9 Å². The minimum Gasteiger partial charge on any atom is -0.861 e. The molecule has 1 saturated heterocycles. The lowest BCUT2D eigenvalue weighted by molar-refractivity contribution is -0.787. The summed E-state index contributed by atoms with van der Waals surface area (Å²) in [5, 5.41) is 21.3. The van der Waals surface area contributed by atoms with Gasteiger partial charge in [-0.05, 0) is 72.5 Å². The number of benzene rings is 2. The Morgan fingerprint density at radius 2 is 1.81 bits per heavy atom. The van der Waals surface area contributed by atoms with Crippen molar-refractivity contribution in [2.24, 2.45) is 10.9 Å². The van der Waals surface area contributed by atoms with Crippen LogP contribution < -0.4 is 20.4 Å². The quantitative estimate of drug-likeness (QED) is 0.227. The van der Waals surface area contributed by atoms with Crippen LogP contribution in [0, 0.1) is 12.8 Å². The molecule has 2 fully saturated rings. The molecule has 1 aliphatic carbocycles. The Labute approximate surface area is 246 Å². The van der Waals surface area contributed by atoms with Crippen LogP contribution >= 0.6 is 0 Å². The van der Waals surface area contributed by atoms with Crippen molar-refractivity contribution in [2.75, 3.05) is 23.7 Å². The van der Waals surface area contributed by atoms with Crippen molar-refractivity contribution in [1.29, 1.82) is 0 Å². The lowest BCUT2D eigenvalue weighted by atomic mass is 9.85. The molecule has 0 bridgehead atoms. The molecule has 13 heteroatoms. The van der Waals surface area contributed by atoms with Crippen LogP contribution in [0.3, 0.4) is 0 Å². The molecule has 10 nitrogen and oxygen atoms in total. The minimum atomic E-state index is -4.73. The summed E-state index contributed by atoms with van der Waals surface area (Å²) in [5.74, 6) is -0.392. The average Bonchev–Trinajstić information content (AvgIpc) is 3.66. The summed E-state index contributed by atoms with van der Waals surface area (Å²) in [5.41, 5.74) is 0.0734. The molecule has 2 N–H and O–H groups in total. The second kappa shape index (κ2) is 12.8. The molecule has 2 aliphatic rings. The Bertz CT molecular complexity index is 1490. The normalized spacial score (nSPS) is 19.3. The fourth-order valence-corrected chi connectivity index (χ4v) is 5.61. The molecule has 0 unspecified atom stereocenters. The number of nitrogens with zero attached hydrogens (tertiary/aromatic N) is 4. The zero-order chi connectivity index (χ0) is 30.6. The van der Waals surface area contributed by atoms with Crippen LogP contribution in [0.25, 0.3) is 0 Å². The first-order chi connectivity index (χ1) is 20.5. The van der Waals surface area contributed by atoms with Gasteiger partial charge in [0.25, 0.3) is 6.20 Å². The number of amides is 3. The second-order valence-electron chi connectivity index (χ2n) is 11.0. The van der Waals surface area contributed by atoms with E-state index in [1.165, 1.54) is 12.3 Å². The van der Waals surface area contributed by atoms with Gasteiger partial charge >= 0.3 is 18.1 Å². The molecule has 2 heterocycles. The molecule has 1 aromatic heterocycles. The van der Waals surface area contributed by atoms with Gasteiger partial charge in [0.1, 0.15) is 0 Å². The maximum absolute atomic E-state index is 13.6. The maximum atomic E-state index is 13.6. The van der Waals surface area contributed by atoms with Crippen LogP contribution in [-0.4, -0.2) is 41.1 Å². The molecule has 5 rings (SSSR count). The van der Waals surface area contributed by atoms with Gasteiger partial charge in [0.05, 0.1) is 11.3 Å². The molecule has 0 atom stereocenters. The predicted octanol–water partition coefficient (Wildman–Crippen LogP) is 4.92. The zero-order valence-corrected chi connectivity index (χ0v) is 23.7. The van der Waals surface area contributed by atoms with Crippen molar-refractivity contribution < 1.29 is 37.1 Å². The van der Waals surface area contributed by atoms with E-state index in [4.69, 9.17) is 4.52 Å². The zero-order valence-electron chi connectivity index (χ0n) is 23.7. The average molecular weight is 599 g/mol. The number of aryl methyl sites for hydroxylation is 1. The molecule has 228 valence electrons. The lowest BCUT2D eigenvalue weighted by Gasteiger charge is -2.27. The number of carbonyl (C=O) groups is 2.